The monoisotopic (exact) mass is 355 g/mol. The lowest BCUT2D eigenvalue weighted by atomic mass is 10.1. The van der Waals surface area contributed by atoms with Gasteiger partial charge in [0.25, 0.3) is 0 Å². The van der Waals surface area contributed by atoms with E-state index in [2.05, 4.69) is 15.1 Å². The van der Waals surface area contributed by atoms with Gasteiger partial charge in [-0.15, -0.1) is 0 Å². The number of nitrogens with zero attached hydrogens (tertiary/aromatic N) is 5. The fraction of sp³-hybridized carbons (Fsp3) is 0.316. The van der Waals surface area contributed by atoms with E-state index in [1.54, 1.807) is 23.7 Å². The highest BCUT2D eigenvalue weighted by Gasteiger charge is 2.12. The van der Waals surface area contributed by atoms with Crippen molar-refractivity contribution in [2.24, 2.45) is 0 Å². The van der Waals surface area contributed by atoms with Gasteiger partial charge in [-0.05, 0) is 18.6 Å². The summed E-state index contributed by atoms with van der Waals surface area (Å²) in [7, 11) is 3.48. The highest BCUT2D eigenvalue weighted by molar-refractivity contribution is 5.68. The first-order valence-corrected chi connectivity index (χ1v) is 8.50. The molecule has 0 radical (unpaired) electrons. The van der Waals surface area contributed by atoms with Gasteiger partial charge in [0.2, 0.25) is 0 Å². The van der Waals surface area contributed by atoms with Crippen LogP contribution in [-0.4, -0.2) is 45.1 Å². The number of benzene rings is 1. The Kier molecular flexibility index (Phi) is 5.27. The second-order valence-corrected chi connectivity index (χ2v) is 6.33. The molecule has 6 nitrogen and oxygen atoms in total. The molecule has 2 aromatic heterocycles. The van der Waals surface area contributed by atoms with Crippen LogP contribution < -0.4 is 4.90 Å². The molecule has 0 spiro atoms. The summed E-state index contributed by atoms with van der Waals surface area (Å²) in [5.41, 5.74) is 2.49. The van der Waals surface area contributed by atoms with Gasteiger partial charge in [-0.3, -0.25) is 4.68 Å². The van der Waals surface area contributed by atoms with E-state index in [1.807, 2.05) is 43.5 Å². The summed E-state index contributed by atoms with van der Waals surface area (Å²) in [6, 6.07) is 9.55. The third-order valence-electron chi connectivity index (χ3n) is 4.08. The Balaban J connectivity index is 1.91. The van der Waals surface area contributed by atoms with E-state index < -0.39 is 11.9 Å². The number of hydrogen-bond donors (Lipinski definition) is 1. The quantitative estimate of drug-likeness (QED) is 0.736. The van der Waals surface area contributed by atoms with Crippen LogP contribution >= 0.6 is 0 Å². The van der Waals surface area contributed by atoms with Crippen LogP contribution in [0.5, 0.6) is 0 Å². The Morgan fingerprint density at radius 2 is 2.00 bits per heavy atom. The molecule has 26 heavy (non-hydrogen) atoms. The molecular weight excluding hydrogens is 333 g/mol. The molecule has 136 valence electrons. The topological polar surface area (TPSA) is 67.1 Å². The minimum Gasteiger partial charge on any atom is -0.391 e. The molecule has 0 saturated heterocycles. The number of rotatable bonds is 6. The smallest absolute Gasteiger partial charge is 0.183 e. The van der Waals surface area contributed by atoms with Gasteiger partial charge in [-0.2, -0.15) is 5.10 Å². The average Bonchev–Trinajstić information content (AvgIpc) is 3.10. The van der Waals surface area contributed by atoms with Crippen LogP contribution in [0.3, 0.4) is 0 Å². The molecule has 0 saturated carbocycles. The van der Waals surface area contributed by atoms with Gasteiger partial charge in [-0.25, -0.2) is 14.4 Å². The van der Waals surface area contributed by atoms with E-state index in [0.29, 0.717) is 18.8 Å². The molecule has 0 aliphatic heterocycles. The summed E-state index contributed by atoms with van der Waals surface area (Å²) >= 11 is 0. The molecule has 7 heteroatoms. The third-order valence-corrected chi connectivity index (χ3v) is 4.08. The van der Waals surface area contributed by atoms with E-state index in [4.69, 9.17) is 0 Å². The van der Waals surface area contributed by atoms with Gasteiger partial charge >= 0.3 is 0 Å². The first-order valence-electron chi connectivity index (χ1n) is 8.50. The lowest BCUT2D eigenvalue weighted by molar-refractivity contribution is 0.145. The first-order chi connectivity index (χ1) is 12.5. The standard InChI is InChI=1S/C19H22FN5O/c1-4-15(26)12-25-9-8-17(23-25)13-6-5-7-14(10-13)18-21-11-16(20)19(22-18)24(2)3/h5-11,15,26H,4,12H2,1-3H3/t15-/m1/s1. The van der Waals surface area contributed by atoms with E-state index in [0.717, 1.165) is 16.8 Å². The van der Waals surface area contributed by atoms with Crippen LogP contribution in [0.25, 0.3) is 22.6 Å². The largest absolute Gasteiger partial charge is 0.391 e. The lowest BCUT2D eigenvalue weighted by Gasteiger charge is -2.13. The summed E-state index contributed by atoms with van der Waals surface area (Å²) < 4.78 is 15.5. The fourth-order valence-electron chi connectivity index (χ4n) is 2.59. The zero-order valence-corrected chi connectivity index (χ0v) is 15.1. The second kappa shape index (κ2) is 7.61. The highest BCUT2D eigenvalue weighted by Crippen LogP contribution is 2.25. The van der Waals surface area contributed by atoms with Crippen molar-refractivity contribution in [1.29, 1.82) is 0 Å². The number of aliphatic hydroxyl groups excluding tert-OH is 1. The van der Waals surface area contributed by atoms with Crippen molar-refractivity contribution in [2.75, 3.05) is 19.0 Å². The number of hydrogen-bond acceptors (Lipinski definition) is 5. The van der Waals surface area contributed by atoms with Gasteiger partial charge in [0.1, 0.15) is 0 Å². The van der Waals surface area contributed by atoms with Crippen molar-refractivity contribution in [2.45, 2.75) is 26.0 Å². The predicted molar refractivity (Wildman–Crippen MR) is 99.3 cm³/mol. The first kappa shape index (κ1) is 18.0. The molecule has 0 unspecified atom stereocenters. The third kappa shape index (κ3) is 3.88. The van der Waals surface area contributed by atoms with Crippen LogP contribution in [0, 0.1) is 5.82 Å². The maximum atomic E-state index is 13.8. The maximum Gasteiger partial charge on any atom is 0.183 e. The Morgan fingerprint density at radius 1 is 1.23 bits per heavy atom. The van der Waals surface area contributed by atoms with Gasteiger partial charge in [0.15, 0.2) is 17.5 Å². The predicted octanol–water partition coefficient (Wildman–Crippen LogP) is 2.98. The van der Waals surface area contributed by atoms with Gasteiger partial charge < -0.3 is 10.0 Å². The molecule has 1 aromatic carbocycles. The molecule has 2 heterocycles. The van der Waals surface area contributed by atoms with Crippen LogP contribution in [0.4, 0.5) is 10.2 Å². The minimum absolute atomic E-state index is 0.248. The lowest BCUT2D eigenvalue weighted by Crippen LogP contribution is -2.14. The Bertz CT molecular complexity index is 893. The van der Waals surface area contributed by atoms with Crippen molar-refractivity contribution in [1.82, 2.24) is 19.7 Å². The average molecular weight is 355 g/mol. The number of aromatic nitrogens is 4. The van der Waals surface area contributed by atoms with Crippen LogP contribution in [-0.2, 0) is 6.54 Å². The van der Waals surface area contributed by atoms with Crippen molar-refractivity contribution < 1.29 is 9.50 Å². The van der Waals surface area contributed by atoms with Crippen molar-refractivity contribution in [3.63, 3.8) is 0 Å². The molecule has 0 aliphatic rings. The van der Waals surface area contributed by atoms with E-state index >= 15 is 0 Å². The molecular formula is C19H22FN5O. The van der Waals surface area contributed by atoms with E-state index in [9.17, 15) is 9.50 Å². The summed E-state index contributed by atoms with van der Waals surface area (Å²) in [6.07, 6.45) is 3.30. The number of halogens is 1. The summed E-state index contributed by atoms with van der Waals surface area (Å²) in [6.45, 7) is 2.40. The fourth-order valence-corrected chi connectivity index (χ4v) is 2.59. The molecule has 0 bridgehead atoms. The summed E-state index contributed by atoms with van der Waals surface area (Å²) in [5, 5.41) is 14.3. The highest BCUT2D eigenvalue weighted by atomic mass is 19.1. The molecule has 3 rings (SSSR count). The van der Waals surface area contributed by atoms with E-state index in [1.165, 1.54) is 6.20 Å². The normalized spacial score (nSPS) is 12.2. The molecule has 0 fully saturated rings. The molecule has 0 amide bonds. The Hall–Kier alpha value is -2.80. The summed E-state index contributed by atoms with van der Waals surface area (Å²) in [4.78, 5) is 10.0. The van der Waals surface area contributed by atoms with Crippen molar-refractivity contribution in [3.8, 4) is 22.6 Å². The number of anilines is 1. The number of aliphatic hydroxyl groups is 1. The van der Waals surface area contributed by atoms with Crippen LogP contribution in [0.1, 0.15) is 13.3 Å². The molecule has 1 N–H and O–H groups in total. The molecule has 3 aromatic rings. The summed E-state index contributed by atoms with van der Waals surface area (Å²) in [5.74, 6) is 0.249. The van der Waals surface area contributed by atoms with Crippen molar-refractivity contribution in [3.05, 3.63) is 48.5 Å². The van der Waals surface area contributed by atoms with Gasteiger partial charge in [0, 0.05) is 31.4 Å². The van der Waals surface area contributed by atoms with Gasteiger partial charge in [-0.1, -0.05) is 25.1 Å². The van der Waals surface area contributed by atoms with Gasteiger partial charge in [0.05, 0.1) is 24.5 Å². The van der Waals surface area contributed by atoms with E-state index in [-0.39, 0.29) is 5.82 Å². The van der Waals surface area contributed by atoms with Crippen molar-refractivity contribution >= 4 is 5.82 Å². The minimum atomic E-state index is -0.455. The zero-order chi connectivity index (χ0) is 18.7. The zero-order valence-electron chi connectivity index (χ0n) is 15.1. The van der Waals surface area contributed by atoms with Crippen LogP contribution in [0.2, 0.25) is 0 Å². The van der Waals surface area contributed by atoms with Crippen LogP contribution in [0.15, 0.2) is 42.7 Å². The maximum absolute atomic E-state index is 13.8. The Morgan fingerprint density at radius 3 is 2.73 bits per heavy atom. The molecule has 1 atom stereocenters. The second-order valence-electron chi connectivity index (χ2n) is 6.33. The Labute approximate surface area is 152 Å². The SMILES string of the molecule is CC[C@@H](O)Cn1ccc(-c2cccc(-c3ncc(F)c(N(C)C)n3)c2)n1. The molecule has 0 aliphatic carbocycles.